The Kier molecular flexibility index (Phi) is 3.58. The summed E-state index contributed by atoms with van der Waals surface area (Å²) in [5.41, 5.74) is 0.819. The van der Waals surface area contributed by atoms with Crippen LogP contribution in [0.4, 0.5) is 5.82 Å². The van der Waals surface area contributed by atoms with Gasteiger partial charge in [0.15, 0.2) is 0 Å². The summed E-state index contributed by atoms with van der Waals surface area (Å²) in [6, 6.07) is 3.62. The molecule has 92 valence electrons. The monoisotopic (exact) mass is 235 g/mol. The Labute approximate surface area is 100 Å². The van der Waals surface area contributed by atoms with E-state index in [-0.39, 0.29) is 5.91 Å². The highest BCUT2D eigenvalue weighted by Gasteiger charge is 2.16. The van der Waals surface area contributed by atoms with E-state index in [0.29, 0.717) is 13.1 Å². The fourth-order valence-corrected chi connectivity index (χ4v) is 1.87. The zero-order valence-corrected chi connectivity index (χ0v) is 9.89. The highest BCUT2D eigenvalue weighted by Crippen LogP contribution is 2.18. The number of carbonyl (C=O) groups excluding carboxylic acids is 1. The van der Waals surface area contributed by atoms with E-state index in [1.807, 2.05) is 11.0 Å². The van der Waals surface area contributed by atoms with Crippen LogP contribution in [0.15, 0.2) is 18.3 Å². The Hall–Kier alpha value is -1.62. The molecule has 0 saturated carbocycles. The molecular formula is C12H17N3O2. The minimum Gasteiger partial charge on any atom is -0.389 e. The second-order valence-corrected chi connectivity index (χ2v) is 4.25. The van der Waals surface area contributed by atoms with Crippen molar-refractivity contribution in [3.63, 3.8) is 0 Å². The molecule has 1 saturated heterocycles. The van der Waals surface area contributed by atoms with Gasteiger partial charge in [-0.25, -0.2) is 4.98 Å². The number of amides is 1. The Bertz CT molecular complexity index is 406. The van der Waals surface area contributed by atoms with Crippen molar-refractivity contribution in [1.29, 1.82) is 0 Å². The molecular weight excluding hydrogens is 218 g/mol. The maximum atomic E-state index is 11.5. The lowest BCUT2D eigenvalue weighted by atomic mass is 10.1. The smallest absolute Gasteiger partial charge is 0.239 e. The summed E-state index contributed by atoms with van der Waals surface area (Å²) in [4.78, 5) is 17.7. The normalized spacial score (nSPS) is 18.5. The highest BCUT2D eigenvalue weighted by atomic mass is 16.3. The van der Waals surface area contributed by atoms with Gasteiger partial charge in [0, 0.05) is 19.3 Å². The van der Waals surface area contributed by atoms with Crippen molar-refractivity contribution in [1.82, 2.24) is 10.3 Å². The van der Waals surface area contributed by atoms with Crippen LogP contribution in [0.25, 0.3) is 0 Å². The summed E-state index contributed by atoms with van der Waals surface area (Å²) in [7, 11) is 0. The van der Waals surface area contributed by atoms with Gasteiger partial charge in [0.2, 0.25) is 5.91 Å². The van der Waals surface area contributed by atoms with Crippen LogP contribution in [0.3, 0.4) is 0 Å². The molecule has 1 atom stereocenters. The highest BCUT2D eigenvalue weighted by molar-refractivity contribution is 5.81. The van der Waals surface area contributed by atoms with Crippen molar-refractivity contribution in [3.8, 4) is 0 Å². The summed E-state index contributed by atoms with van der Waals surface area (Å²) < 4.78 is 0. The van der Waals surface area contributed by atoms with Crippen molar-refractivity contribution < 1.29 is 9.90 Å². The molecule has 1 aliphatic heterocycles. The maximum absolute atomic E-state index is 11.5. The van der Waals surface area contributed by atoms with Crippen LogP contribution in [-0.4, -0.2) is 35.6 Å². The summed E-state index contributed by atoms with van der Waals surface area (Å²) >= 11 is 0. The predicted molar refractivity (Wildman–Crippen MR) is 64.7 cm³/mol. The summed E-state index contributed by atoms with van der Waals surface area (Å²) in [5.74, 6) is 0.771. The van der Waals surface area contributed by atoms with Crippen molar-refractivity contribution in [2.24, 2.45) is 0 Å². The van der Waals surface area contributed by atoms with Gasteiger partial charge >= 0.3 is 0 Å². The largest absolute Gasteiger partial charge is 0.389 e. The number of nitrogens with zero attached hydrogens (tertiary/aromatic N) is 2. The van der Waals surface area contributed by atoms with E-state index in [2.05, 4.69) is 10.3 Å². The zero-order valence-electron chi connectivity index (χ0n) is 9.89. The Morgan fingerprint density at radius 1 is 1.59 bits per heavy atom. The van der Waals surface area contributed by atoms with Crippen molar-refractivity contribution >= 4 is 11.7 Å². The van der Waals surface area contributed by atoms with Gasteiger partial charge in [-0.2, -0.15) is 0 Å². The van der Waals surface area contributed by atoms with Crippen LogP contribution in [0, 0.1) is 0 Å². The van der Waals surface area contributed by atoms with Gasteiger partial charge in [-0.15, -0.1) is 0 Å². The molecule has 1 aromatic rings. The number of anilines is 1. The van der Waals surface area contributed by atoms with E-state index in [1.165, 1.54) is 0 Å². The predicted octanol–water partition coefficient (Wildman–Crippen LogP) is 0.461. The van der Waals surface area contributed by atoms with Crippen LogP contribution in [0.2, 0.25) is 0 Å². The molecule has 0 bridgehead atoms. The SMILES string of the molecule is CC(O)c1ccnc(N2CCCNC(=O)C2)c1. The first-order valence-corrected chi connectivity index (χ1v) is 5.82. The maximum Gasteiger partial charge on any atom is 0.239 e. The van der Waals surface area contributed by atoms with E-state index >= 15 is 0 Å². The molecule has 0 spiro atoms. The van der Waals surface area contributed by atoms with Gasteiger partial charge in [0.1, 0.15) is 5.82 Å². The van der Waals surface area contributed by atoms with Gasteiger partial charge in [-0.05, 0) is 31.0 Å². The number of aromatic nitrogens is 1. The lowest BCUT2D eigenvalue weighted by Gasteiger charge is -2.20. The number of rotatable bonds is 2. The third kappa shape index (κ3) is 2.94. The number of aliphatic hydroxyl groups excluding tert-OH is 1. The molecule has 1 unspecified atom stereocenters. The van der Waals surface area contributed by atoms with E-state index in [0.717, 1.165) is 24.3 Å². The summed E-state index contributed by atoms with van der Waals surface area (Å²) in [6.07, 6.45) is 2.06. The van der Waals surface area contributed by atoms with Crippen molar-refractivity contribution in [3.05, 3.63) is 23.9 Å². The van der Waals surface area contributed by atoms with Gasteiger partial charge < -0.3 is 15.3 Å². The molecule has 1 amide bonds. The number of nitrogens with one attached hydrogen (secondary N) is 1. The number of hydrogen-bond acceptors (Lipinski definition) is 4. The van der Waals surface area contributed by atoms with E-state index in [1.54, 1.807) is 19.2 Å². The Balaban J connectivity index is 2.20. The third-order valence-electron chi connectivity index (χ3n) is 2.84. The molecule has 17 heavy (non-hydrogen) atoms. The lowest BCUT2D eigenvalue weighted by Crippen LogP contribution is -2.33. The quantitative estimate of drug-likeness (QED) is 0.781. The molecule has 2 N–H and O–H groups in total. The molecule has 2 rings (SSSR count). The fraction of sp³-hybridized carbons (Fsp3) is 0.500. The number of carbonyl (C=O) groups is 1. The average molecular weight is 235 g/mol. The first-order valence-electron chi connectivity index (χ1n) is 5.82. The van der Waals surface area contributed by atoms with Gasteiger partial charge in [0.05, 0.1) is 12.6 Å². The topological polar surface area (TPSA) is 65.5 Å². The van der Waals surface area contributed by atoms with Crippen LogP contribution in [0.1, 0.15) is 25.0 Å². The van der Waals surface area contributed by atoms with E-state index < -0.39 is 6.10 Å². The number of aliphatic hydroxyl groups is 1. The van der Waals surface area contributed by atoms with Crippen LogP contribution in [-0.2, 0) is 4.79 Å². The molecule has 0 radical (unpaired) electrons. The molecule has 0 aliphatic carbocycles. The van der Waals surface area contributed by atoms with Gasteiger partial charge in [-0.3, -0.25) is 4.79 Å². The van der Waals surface area contributed by atoms with Crippen molar-refractivity contribution in [2.75, 3.05) is 24.5 Å². The van der Waals surface area contributed by atoms with Gasteiger partial charge in [0.25, 0.3) is 0 Å². The van der Waals surface area contributed by atoms with E-state index in [9.17, 15) is 9.90 Å². The molecule has 1 aromatic heterocycles. The molecule has 1 aliphatic rings. The first kappa shape index (κ1) is 11.9. The molecule has 5 nitrogen and oxygen atoms in total. The second-order valence-electron chi connectivity index (χ2n) is 4.25. The summed E-state index contributed by atoms with van der Waals surface area (Å²) in [5, 5.41) is 12.4. The second kappa shape index (κ2) is 5.14. The molecule has 5 heteroatoms. The lowest BCUT2D eigenvalue weighted by molar-refractivity contribution is -0.119. The summed E-state index contributed by atoms with van der Waals surface area (Å²) in [6.45, 7) is 3.56. The molecule has 1 fully saturated rings. The molecule has 0 aromatic carbocycles. The van der Waals surface area contributed by atoms with Crippen molar-refractivity contribution in [2.45, 2.75) is 19.4 Å². The number of pyridine rings is 1. The van der Waals surface area contributed by atoms with Crippen LogP contribution in [0.5, 0.6) is 0 Å². The Morgan fingerprint density at radius 3 is 3.18 bits per heavy atom. The number of hydrogen-bond donors (Lipinski definition) is 2. The minimum atomic E-state index is -0.516. The van der Waals surface area contributed by atoms with Crippen LogP contribution >= 0.6 is 0 Å². The standard InChI is InChI=1S/C12H17N3O2/c1-9(16)10-3-5-13-11(7-10)15-6-2-4-14-12(17)8-15/h3,5,7,9,16H,2,4,6,8H2,1H3,(H,14,17). The zero-order chi connectivity index (χ0) is 12.3. The third-order valence-corrected chi connectivity index (χ3v) is 2.84. The van der Waals surface area contributed by atoms with Crippen LogP contribution < -0.4 is 10.2 Å². The van der Waals surface area contributed by atoms with Gasteiger partial charge in [-0.1, -0.05) is 0 Å². The van der Waals surface area contributed by atoms with E-state index in [4.69, 9.17) is 0 Å². The molecule has 2 heterocycles. The minimum absolute atomic E-state index is 0.0201. The fourth-order valence-electron chi connectivity index (χ4n) is 1.87. The first-order chi connectivity index (χ1) is 8.16. The Morgan fingerprint density at radius 2 is 2.41 bits per heavy atom. The average Bonchev–Trinajstić information content (AvgIpc) is 2.54.